The maximum absolute atomic E-state index is 11.3. The summed E-state index contributed by atoms with van der Waals surface area (Å²) >= 11 is 0. The average Bonchev–Trinajstić information content (AvgIpc) is 2.78. The van der Waals surface area contributed by atoms with Crippen molar-refractivity contribution in [2.24, 2.45) is 5.92 Å². The van der Waals surface area contributed by atoms with Crippen molar-refractivity contribution in [3.05, 3.63) is 66.4 Å². The van der Waals surface area contributed by atoms with Crippen LogP contribution in [0, 0.1) is 28.6 Å². The number of carboxylic acid groups (broad SMARTS) is 1. The highest BCUT2D eigenvalue weighted by Crippen LogP contribution is 2.27. The number of ether oxygens (including phenoxy) is 1. The minimum Gasteiger partial charge on any atom is -0.465 e. The summed E-state index contributed by atoms with van der Waals surface area (Å²) in [6.45, 7) is 0.841. The molecular weight excluding hydrogens is 380 g/mol. The van der Waals surface area contributed by atoms with E-state index in [9.17, 15) is 20.4 Å². The smallest absolute Gasteiger partial charge is 0.407 e. The Kier molecular flexibility index (Phi) is 6.91. The fourth-order valence-electron chi connectivity index (χ4n) is 3.42. The second kappa shape index (κ2) is 9.99. The van der Waals surface area contributed by atoms with E-state index in [4.69, 9.17) is 4.74 Å². The highest BCUT2D eigenvalue weighted by atomic mass is 16.5. The van der Waals surface area contributed by atoms with Gasteiger partial charge in [-0.05, 0) is 49.2 Å². The number of carbonyl (C=O) groups is 1. The summed E-state index contributed by atoms with van der Waals surface area (Å²) < 4.78 is 5.79. The molecule has 1 amide bonds. The van der Waals surface area contributed by atoms with Crippen molar-refractivity contribution in [3.63, 3.8) is 0 Å². The van der Waals surface area contributed by atoms with Crippen LogP contribution in [0.1, 0.15) is 12.8 Å². The Morgan fingerprint density at radius 1 is 1.17 bits per heavy atom. The molecule has 3 rings (SSSR count). The van der Waals surface area contributed by atoms with E-state index in [1.165, 1.54) is 4.90 Å². The summed E-state index contributed by atoms with van der Waals surface area (Å²) in [5.41, 5.74) is 1.22. The second-order valence-electron chi connectivity index (χ2n) is 6.96. The lowest BCUT2D eigenvalue weighted by Gasteiger charge is -2.31. The van der Waals surface area contributed by atoms with Gasteiger partial charge in [0.1, 0.15) is 18.0 Å². The number of hydrogen-bond donors (Lipinski definition) is 1. The Bertz CT molecular complexity index is 974. The molecule has 2 aromatic rings. The molecule has 7 heteroatoms. The minimum absolute atomic E-state index is 0.0689. The van der Waals surface area contributed by atoms with Crippen molar-refractivity contribution in [1.29, 1.82) is 10.5 Å². The molecule has 1 atom stereocenters. The van der Waals surface area contributed by atoms with E-state index in [0.717, 1.165) is 17.9 Å². The molecule has 2 aromatic carbocycles. The lowest BCUT2D eigenvalue weighted by molar-refractivity contribution is 0.126. The van der Waals surface area contributed by atoms with Crippen LogP contribution in [-0.4, -0.2) is 35.7 Å². The Labute approximate surface area is 175 Å². The van der Waals surface area contributed by atoms with Gasteiger partial charge in [0, 0.05) is 30.9 Å². The highest BCUT2D eigenvalue weighted by molar-refractivity contribution is 5.65. The van der Waals surface area contributed by atoms with E-state index in [1.54, 1.807) is 23.2 Å². The normalized spacial score (nSPS) is 16.3. The summed E-state index contributed by atoms with van der Waals surface area (Å²) in [4.78, 5) is 14.3. The van der Waals surface area contributed by atoms with Crippen molar-refractivity contribution in [1.82, 2.24) is 4.90 Å². The van der Waals surface area contributed by atoms with E-state index in [2.05, 4.69) is 12.1 Å². The molecule has 7 nitrogen and oxygen atoms in total. The molecule has 152 valence electrons. The lowest BCUT2D eigenvalue weighted by Crippen LogP contribution is -2.39. The number of rotatable bonds is 6. The van der Waals surface area contributed by atoms with Crippen molar-refractivity contribution in [2.45, 2.75) is 12.8 Å². The summed E-state index contributed by atoms with van der Waals surface area (Å²) in [6.07, 6.45) is 2.14. The van der Waals surface area contributed by atoms with E-state index >= 15 is 0 Å². The Morgan fingerprint density at radius 3 is 2.50 bits per heavy atom. The van der Waals surface area contributed by atoms with Crippen LogP contribution >= 0.6 is 0 Å². The van der Waals surface area contributed by atoms with Crippen molar-refractivity contribution in [2.75, 3.05) is 24.5 Å². The third kappa shape index (κ3) is 5.30. The summed E-state index contributed by atoms with van der Waals surface area (Å²) in [5, 5.41) is 28.1. The largest absolute Gasteiger partial charge is 0.465 e. The van der Waals surface area contributed by atoms with E-state index < -0.39 is 6.09 Å². The zero-order valence-electron chi connectivity index (χ0n) is 16.4. The topological polar surface area (TPSA) is 101 Å². The SMILES string of the molecule is N#CCN(/C=C(\C#N)C1CCCN(C(=O)O)C1)c1ccc(Oc2ccccc2)cc1. The molecule has 0 spiro atoms. The summed E-state index contributed by atoms with van der Waals surface area (Å²) in [5.74, 6) is 1.21. The summed E-state index contributed by atoms with van der Waals surface area (Å²) in [7, 11) is 0. The van der Waals surface area contributed by atoms with Gasteiger partial charge in [-0.1, -0.05) is 18.2 Å². The molecule has 1 unspecified atom stereocenters. The van der Waals surface area contributed by atoms with Crippen LogP contribution in [0.4, 0.5) is 10.5 Å². The molecule has 1 N–H and O–H groups in total. The van der Waals surface area contributed by atoms with Crippen molar-refractivity contribution < 1.29 is 14.6 Å². The first-order valence-corrected chi connectivity index (χ1v) is 9.67. The Morgan fingerprint density at radius 2 is 1.87 bits per heavy atom. The monoisotopic (exact) mass is 402 g/mol. The molecule has 0 aromatic heterocycles. The molecule has 1 heterocycles. The fourth-order valence-corrected chi connectivity index (χ4v) is 3.42. The van der Waals surface area contributed by atoms with Crippen LogP contribution in [-0.2, 0) is 0 Å². The Hall–Kier alpha value is -3.97. The quantitative estimate of drug-likeness (QED) is 0.559. The van der Waals surface area contributed by atoms with Crippen molar-refractivity contribution >= 4 is 11.8 Å². The van der Waals surface area contributed by atoms with Gasteiger partial charge in [-0.25, -0.2) is 4.79 Å². The minimum atomic E-state index is -0.972. The number of amides is 1. The van der Waals surface area contributed by atoms with Gasteiger partial charge in [-0.15, -0.1) is 0 Å². The number of hydrogen-bond acceptors (Lipinski definition) is 5. The first-order chi connectivity index (χ1) is 14.6. The van der Waals surface area contributed by atoms with Crippen LogP contribution in [0.3, 0.4) is 0 Å². The average molecular weight is 402 g/mol. The molecule has 1 fully saturated rings. The van der Waals surface area contributed by atoms with Crippen LogP contribution in [0.25, 0.3) is 0 Å². The third-order valence-electron chi connectivity index (χ3n) is 4.94. The number of piperidine rings is 1. The van der Waals surface area contributed by atoms with Crippen LogP contribution in [0.5, 0.6) is 11.5 Å². The molecule has 1 saturated heterocycles. The maximum atomic E-state index is 11.3. The predicted molar refractivity (Wildman–Crippen MR) is 112 cm³/mol. The van der Waals surface area contributed by atoms with Gasteiger partial charge >= 0.3 is 6.09 Å². The van der Waals surface area contributed by atoms with Gasteiger partial charge in [0.15, 0.2) is 0 Å². The number of nitriles is 2. The maximum Gasteiger partial charge on any atom is 0.407 e. The van der Waals surface area contributed by atoms with Gasteiger partial charge in [0.05, 0.1) is 17.7 Å². The molecule has 30 heavy (non-hydrogen) atoms. The number of benzene rings is 2. The van der Waals surface area contributed by atoms with Gasteiger partial charge < -0.3 is 19.6 Å². The van der Waals surface area contributed by atoms with Gasteiger partial charge in [-0.2, -0.15) is 10.5 Å². The first kappa shape index (κ1) is 20.8. The first-order valence-electron chi connectivity index (χ1n) is 9.67. The molecule has 0 bridgehead atoms. The second-order valence-corrected chi connectivity index (χ2v) is 6.96. The number of nitrogens with zero attached hydrogens (tertiary/aromatic N) is 4. The summed E-state index contributed by atoms with van der Waals surface area (Å²) in [6, 6.07) is 21.0. The fraction of sp³-hybridized carbons (Fsp3) is 0.261. The van der Waals surface area contributed by atoms with E-state index in [-0.39, 0.29) is 12.5 Å². The van der Waals surface area contributed by atoms with Crippen molar-refractivity contribution in [3.8, 4) is 23.6 Å². The van der Waals surface area contributed by atoms with E-state index in [1.807, 2.05) is 42.5 Å². The van der Waals surface area contributed by atoms with Gasteiger partial charge in [-0.3, -0.25) is 0 Å². The Balaban J connectivity index is 1.78. The highest BCUT2D eigenvalue weighted by Gasteiger charge is 2.26. The standard InChI is InChI=1S/C23H22N4O3/c24-12-14-26(17-19(15-25)18-5-4-13-27(16-18)23(28)29)20-8-10-22(11-9-20)30-21-6-2-1-3-7-21/h1-3,6-11,17-18H,4-5,13-14,16H2,(H,28,29)/b19-17+. The van der Waals surface area contributed by atoms with Crippen LogP contribution in [0.2, 0.25) is 0 Å². The molecule has 0 saturated carbocycles. The predicted octanol–water partition coefficient (Wildman–Crippen LogP) is 4.61. The number of para-hydroxylation sites is 1. The van der Waals surface area contributed by atoms with E-state index in [0.29, 0.717) is 30.8 Å². The molecule has 1 aliphatic rings. The van der Waals surface area contributed by atoms with Gasteiger partial charge in [0.25, 0.3) is 0 Å². The zero-order chi connectivity index (χ0) is 21.3. The van der Waals surface area contributed by atoms with Crippen LogP contribution in [0.15, 0.2) is 66.4 Å². The molecule has 1 aliphatic heterocycles. The van der Waals surface area contributed by atoms with Crippen LogP contribution < -0.4 is 9.64 Å². The zero-order valence-corrected chi connectivity index (χ0v) is 16.4. The molecule has 0 radical (unpaired) electrons. The molecule has 0 aliphatic carbocycles. The number of anilines is 1. The molecular formula is C23H22N4O3. The third-order valence-corrected chi connectivity index (χ3v) is 4.94. The van der Waals surface area contributed by atoms with Gasteiger partial charge in [0.2, 0.25) is 0 Å². The number of likely N-dealkylation sites (tertiary alicyclic amines) is 1. The lowest BCUT2D eigenvalue weighted by atomic mass is 9.91.